The number of nitrogens with two attached hydrogens (primary N) is 1. The molecule has 4 saturated heterocycles. The maximum atomic E-state index is 12.7. The molecule has 5 aliphatic heterocycles. The van der Waals surface area contributed by atoms with Crippen LogP contribution in [0.3, 0.4) is 0 Å². The number of carbonyl (C=O) groups excluding carboxylic acids is 2. The number of piperidine rings is 2. The number of hydrogen-bond acceptors (Lipinski definition) is 11. The number of benzene rings is 3. The summed E-state index contributed by atoms with van der Waals surface area (Å²) in [6.07, 6.45) is 11.4. The SMILES string of the molecule is Nc1nnc(-c2ccccc2O)cc1N1C[C@H]2CC[C@@H](C1)N2c1cccc(OC2CCN([C@H]3CC[C@@H](c4cccc5c4CCN5C4CCC(=O)NC4=O)CC3)CC2)c1. The zero-order chi connectivity index (χ0) is 39.3. The number of aromatic hydroxyl groups is 1. The number of carbonyl (C=O) groups is 2. The van der Waals surface area contributed by atoms with Crippen LogP contribution in [0.1, 0.15) is 81.3 Å². The van der Waals surface area contributed by atoms with Crippen LogP contribution in [0.2, 0.25) is 0 Å². The van der Waals surface area contributed by atoms with Gasteiger partial charge in [0.1, 0.15) is 23.6 Å². The average Bonchev–Trinajstić information content (AvgIpc) is 3.79. The monoisotopic (exact) mass is 782 g/mol. The summed E-state index contributed by atoms with van der Waals surface area (Å²) in [6, 6.07) is 25.6. The molecule has 2 amide bonds. The first-order valence-corrected chi connectivity index (χ1v) is 21.5. The fourth-order valence-electron chi connectivity index (χ4n) is 11.2. The normalized spacial score (nSPS) is 26.5. The third kappa shape index (κ3) is 6.99. The van der Waals surface area contributed by atoms with Crippen molar-refractivity contribution in [1.29, 1.82) is 0 Å². The van der Waals surface area contributed by atoms with Gasteiger partial charge in [-0.3, -0.25) is 14.9 Å². The Morgan fingerprint density at radius 2 is 1.50 bits per heavy atom. The van der Waals surface area contributed by atoms with Crippen molar-refractivity contribution in [3.8, 4) is 22.8 Å². The van der Waals surface area contributed by atoms with Gasteiger partial charge in [-0.1, -0.05) is 30.3 Å². The van der Waals surface area contributed by atoms with Crippen molar-refractivity contribution in [1.82, 2.24) is 20.4 Å². The van der Waals surface area contributed by atoms with Gasteiger partial charge < -0.3 is 35.2 Å². The van der Waals surface area contributed by atoms with Gasteiger partial charge in [-0.25, -0.2) is 0 Å². The van der Waals surface area contributed by atoms with Gasteiger partial charge in [0.15, 0.2) is 5.82 Å². The number of aromatic nitrogens is 2. The Bertz CT molecular complexity index is 2170. The van der Waals surface area contributed by atoms with Gasteiger partial charge in [0, 0.05) is 80.3 Å². The molecule has 10 rings (SSSR count). The van der Waals surface area contributed by atoms with Crippen LogP contribution in [0.25, 0.3) is 11.3 Å². The van der Waals surface area contributed by atoms with E-state index in [2.05, 4.69) is 77.6 Å². The summed E-state index contributed by atoms with van der Waals surface area (Å²) in [5.41, 5.74) is 13.9. The Balaban J connectivity index is 0.726. The lowest BCUT2D eigenvalue weighted by molar-refractivity contribution is -0.134. The van der Waals surface area contributed by atoms with Gasteiger partial charge in [0.2, 0.25) is 11.8 Å². The van der Waals surface area contributed by atoms with Gasteiger partial charge >= 0.3 is 0 Å². The molecule has 5 fully saturated rings. The lowest BCUT2D eigenvalue weighted by Gasteiger charge is -2.43. The molecule has 58 heavy (non-hydrogen) atoms. The molecule has 12 heteroatoms. The minimum Gasteiger partial charge on any atom is -0.507 e. The quantitative estimate of drug-likeness (QED) is 0.181. The average molecular weight is 783 g/mol. The maximum Gasteiger partial charge on any atom is 0.249 e. The molecule has 0 spiro atoms. The van der Waals surface area contributed by atoms with Crippen LogP contribution in [0.4, 0.5) is 22.9 Å². The summed E-state index contributed by atoms with van der Waals surface area (Å²) in [5, 5.41) is 21.6. The van der Waals surface area contributed by atoms with Crippen LogP contribution in [0.5, 0.6) is 11.5 Å². The summed E-state index contributed by atoms with van der Waals surface area (Å²) in [4.78, 5) is 34.4. The van der Waals surface area contributed by atoms with Gasteiger partial charge in [-0.05, 0) is 118 Å². The van der Waals surface area contributed by atoms with E-state index in [0.29, 0.717) is 54.0 Å². The van der Waals surface area contributed by atoms with E-state index < -0.39 is 0 Å². The molecule has 1 aromatic heterocycles. The molecule has 302 valence electrons. The fourth-order valence-corrected chi connectivity index (χ4v) is 11.2. The molecule has 3 aromatic carbocycles. The van der Waals surface area contributed by atoms with E-state index in [9.17, 15) is 14.7 Å². The van der Waals surface area contributed by atoms with E-state index in [1.54, 1.807) is 12.1 Å². The van der Waals surface area contributed by atoms with Crippen LogP contribution in [-0.4, -0.2) is 95.0 Å². The minimum absolute atomic E-state index is 0.149. The van der Waals surface area contributed by atoms with Crippen LogP contribution >= 0.6 is 0 Å². The molecule has 4 aromatic rings. The number of rotatable bonds is 8. The number of hydrogen-bond donors (Lipinski definition) is 3. The molecule has 1 saturated carbocycles. The Labute approximate surface area is 340 Å². The topological polar surface area (TPSA) is 140 Å². The highest BCUT2D eigenvalue weighted by Crippen LogP contribution is 2.43. The fraction of sp³-hybridized carbons (Fsp3) is 0.478. The second-order valence-corrected chi connectivity index (χ2v) is 17.3. The third-order valence-corrected chi connectivity index (χ3v) is 14.0. The van der Waals surface area contributed by atoms with E-state index in [-0.39, 0.29) is 29.7 Å². The lowest BCUT2D eigenvalue weighted by Crippen LogP contribution is -2.54. The minimum atomic E-state index is -0.247. The first-order valence-electron chi connectivity index (χ1n) is 21.5. The van der Waals surface area contributed by atoms with Crippen molar-refractivity contribution in [2.45, 2.75) is 107 Å². The van der Waals surface area contributed by atoms with E-state index in [0.717, 1.165) is 76.3 Å². The summed E-state index contributed by atoms with van der Waals surface area (Å²) in [6.45, 7) is 4.68. The number of phenols is 1. The molecule has 1 unspecified atom stereocenters. The van der Waals surface area contributed by atoms with Gasteiger partial charge in [0.25, 0.3) is 0 Å². The number of likely N-dealkylation sites (tertiary alicyclic amines) is 1. The molecule has 4 N–H and O–H groups in total. The number of nitrogen functional groups attached to an aromatic ring is 1. The predicted octanol–water partition coefficient (Wildman–Crippen LogP) is 6.03. The number of ether oxygens (including phenoxy) is 1. The zero-order valence-corrected chi connectivity index (χ0v) is 33.1. The Hall–Kier alpha value is -5.36. The van der Waals surface area contributed by atoms with Crippen molar-refractivity contribution in [2.24, 2.45) is 0 Å². The maximum absolute atomic E-state index is 12.7. The number of amides is 2. The Morgan fingerprint density at radius 3 is 2.28 bits per heavy atom. The smallest absolute Gasteiger partial charge is 0.249 e. The van der Waals surface area contributed by atoms with Gasteiger partial charge in [0.05, 0.1) is 11.4 Å². The predicted molar refractivity (Wildman–Crippen MR) is 225 cm³/mol. The summed E-state index contributed by atoms with van der Waals surface area (Å²) < 4.78 is 6.70. The zero-order valence-electron chi connectivity index (χ0n) is 33.1. The molecule has 2 bridgehead atoms. The lowest BCUT2D eigenvalue weighted by atomic mass is 9.79. The Morgan fingerprint density at radius 1 is 0.741 bits per heavy atom. The first kappa shape index (κ1) is 36.9. The van der Waals surface area contributed by atoms with Crippen molar-refractivity contribution in [3.05, 3.63) is 83.9 Å². The standard InChI is InChI=1S/C46H54N8O4/c47-45-42(26-39(49-50-45)38-7-1-2-10-43(38)55)52-27-32-15-16-33(28-52)54(32)31-5-3-6-35(25-31)58-34-19-22-51(23-20-34)30-13-11-29(12-14-30)36-8-4-9-40-37(36)21-24-53(40)41-17-18-44(56)48-46(41)57/h1-10,25-26,29-30,32-34,41,55H,11-24,27-28H2,(H2,47,50)(H,48,56,57)/t29-,30+,32-,33+,41?. The molecular formula is C46H54N8O4. The van der Waals surface area contributed by atoms with Crippen LogP contribution in [0, 0.1) is 0 Å². The van der Waals surface area contributed by atoms with Gasteiger partial charge in [-0.15, -0.1) is 10.2 Å². The number of para-hydroxylation sites is 1. The second-order valence-electron chi connectivity index (χ2n) is 17.3. The largest absolute Gasteiger partial charge is 0.507 e. The number of nitrogens with one attached hydrogen (secondary N) is 1. The van der Waals surface area contributed by atoms with Crippen molar-refractivity contribution >= 4 is 34.7 Å². The molecule has 12 nitrogen and oxygen atoms in total. The highest BCUT2D eigenvalue weighted by atomic mass is 16.5. The van der Waals surface area contributed by atoms with Gasteiger partial charge in [-0.2, -0.15) is 0 Å². The number of anilines is 4. The van der Waals surface area contributed by atoms with Crippen molar-refractivity contribution in [3.63, 3.8) is 0 Å². The van der Waals surface area contributed by atoms with E-state index >= 15 is 0 Å². The summed E-state index contributed by atoms with van der Waals surface area (Å²) >= 11 is 0. The highest BCUT2D eigenvalue weighted by Gasteiger charge is 2.41. The third-order valence-electron chi connectivity index (χ3n) is 14.0. The van der Waals surface area contributed by atoms with Crippen LogP contribution < -0.4 is 30.5 Å². The summed E-state index contributed by atoms with van der Waals surface area (Å²) in [5.74, 6) is 1.81. The number of fused-ring (bicyclic) bond motifs is 3. The number of nitrogens with zero attached hydrogens (tertiary/aromatic N) is 6. The molecule has 3 atom stereocenters. The first-order chi connectivity index (χ1) is 28.4. The molecule has 6 heterocycles. The van der Waals surface area contributed by atoms with E-state index in [1.807, 2.05) is 18.2 Å². The van der Waals surface area contributed by atoms with E-state index in [1.165, 1.54) is 48.2 Å². The van der Waals surface area contributed by atoms with Crippen molar-refractivity contribution in [2.75, 3.05) is 53.2 Å². The highest BCUT2D eigenvalue weighted by molar-refractivity contribution is 6.02. The number of piperazine rings is 1. The van der Waals surface area contributed by atoms with Crippen molar-refractivity contribution < 1.29 is 19.4 Å². The Kier molecular flexibility index (Phi) is 9.83. The number of phenolic OH excluding ortho intramolecular Hbond substituents is 1. The molecule has 0 radical (unpaired) electrons. The molecule has 1 aliphatic carbocycles. The van der Waals surface area contributed by atoms with E-state index in [4.69, 9.17) is 10.5 Å². The summed E-state index contributed by atoms with van der Waals surface area (Å²) in [7, 11) is 0. The number of imide groups is 1. The second kappa shape index (κ2) is 15.4. The van der Waals surface area contributed by atoms with Crippen LogP contribution in [0.15, 0.2) is 72.8 Å². The molecular weight excluding hydrogens is 729 g/mol. The molecule has 6 aliphatic rings. The van der Waals surface area contributed by atoms with Crippen LogP contribution in [-0.2, 0) is 16.0 Å².